The zero-order valence-electron chi connectivity index (χ0n) is 22.8. The molecule has 0 aliphatic carbocycles. The summed E-state index contributed by atoms with van der Waals surface area (Å²) < 4.78 is 58.7. The predicted molar refractivity (Wildman–Crippen MR) is 143 cm³/mol. The van der Waals surface area contributed by atoms with Crippen molar-refractivity contribution in [2.75, 3.05) is 70.6 Å². The van der Waals surface area contributed by atoms with Gasteiger partial charge in [0.2, 0.25) is 11.7 Å². The van der Waals surface area contributed by atoms with Gasteiger partial charge in [-0.3, -0.25) is 0 Å². The Bertz CT molecular complexity index is 1360. The molecule has 2 atom stereocenters. The van der Waals surface area contributed by atoms with Crippen molar-refractivity contribution in [2.24, 2.45) is 0 Å². The number of hydrogen-bond acceptors (Lipinski definition) is 9. The second kappa shape index (κ2) is 12.1. The van der Waals surface area contributed by atoms with E-state index < -0.39 is 6.36 Å². The van der Waals surface area contributed by atoms with Gasteiger partial charge in [0.25, 0.3) is 0 Å². The van der Waals surface area contributed by atoms with E-state index in [1.807, 2.05) is 12.1 Å². The number of carbonyl (C=O) groups is 1. The number of carbonyl (C=O) groups excluding carboxylic acids is 1. The molecule has 3 aliphatic rings. The fraction of sp³-hybridized carbons (Fsp3) is 0.500. The first-order valence-electron chi connectivity index (χ1n) is 13.9. The quantitative estimate of drug-likeness (QED) is 0.439. The Morgan fingerprint density at radius 3 is 2.31 bits per heavy atom. The van der Waals surface area contributed by atoms with E-state index in [9.17, 15) is 18.0 Å². The molecule has 3 fully saturated rings. The van der Waals surface area contributed by atoms with Crippen LogP contribution in [0.4, 0.5) is 23.8 Å². The number of halogens is 3. The highest BCUT2D eigenvalue weighted by Gasteiger charge is 2.37. The van der Waals surface area contributed by atoms with Gasteiger partial charge >= 0.3 is 12.4 Å². The number of anilines is 1. The molecule has 2 amide bonds. The van der Waals surface area contributed by atoms with Gasteiger partial charge in [-0.1, -0.05) is 17.3 Å². The Morgan fingerprint density at radius 2 is 1.60 bits per heavy atom. The number of likely N-dealkylation sites (tertiary alicyclic amines) is 1. The maximum absolute atomic E-state index is 13.5. The highest BCUT2D eigenvalue weighted by atomic mass is 19.4. The summed E-state index contributed by atoms with van der Waals surface area (Å²) in [6.07, 6.45) is -2.49. The van der Waals surface area contributed by atoms with E-state index in [4.69, 9.17) is 19.0 Å². The highest BCUT2D eigenvalue weighted by molar-refractivity contribution is 5.75. The lowest BCUT2D eigenvalue weighted by molar-refractivity contribution is -0.274. The Kier molecular flexibility index (Phi) is 8.16. The van der Waals surface area contributed by atoms with Gasteiger partial charge in [-0.15, -0.1) is 13.2 Å². The van der Waals surface area contributed by atoms with E-state index in [-0.39, 0.29) is 23.6 Å². The van der Waals surface area contributed by atoms with Crippen molar-refractivity contribution in [3.63, 3.8) is 0 Å². The number of morpholine rings is 2. The minimum Gasteiger partial charge on any atom is -0.406 e. The lowest BCUT2D eigenvalue weighted by atomic mass is 9.84. The van der Waals surface area contributed by atoms with Crippen LogP contribution in [0.3, 0.4) is 0 Å². The second-order valence-electron chi connectivity index (χ2n) is 10.5. The summed E-state index contributed by atoms with van der Waals surface area (Å²) in [5.74, 6) is 0.884. The first-order valence-corrected chi connectivity index (χ1v) is 13.9. The number of piperidine rings is 1. The molecule has 3 aromatic rings. The molecule has 2 aromatic heterocycles. The average molecular weight is 589 g/mol. The van der Waals surface area contributed by atoms with Gasteiger partial charge in [0, 0.05) is 56.9 Å². The number of aromatic nitrogens is 3. The number of rotatable bonds is 5. The van der Waals surface area contributed by atoms with Gasteiger partial charge in [-0.25, -0.2) is 9.78 Å². The molecule has 5 heterocycles. The van der Waals surface area contributed by atoms with Gasteiger partial charge in [0.1, 0.15) is 11.6 Å². The molecule has 2 unspecified atom stereocenters. The van der Waals surface area contributed by atoms with Gasteiger partial charge < -0.3 is 33.4 Å². The van der Waals surface area contributed by atoms with Crippen molar-refractivity contribution in [1.82, 2.24) is 24.9 Å². The molecular formula is C28H31F3N6O5. The monoisotopic (exact) mass is 588 g/mol. The number of ether oxygens (including phenoxy) is 3. The fourth-order valence-electron chi connectivity index (χ4n) is 5.61. The van der Waals surface area contributed by atoms with Gasteiger partial charge in [-0.05, 0) is 36.2 Å². The van der Waals surface area contributed by atoms with Crippen LogP contribution in [0.1, 0.15) is 29.7 Å². The topological polar surface area (TPSA) is 106 Å². The Morgan fingerprint density at radius 1 is 0.905 bits per heavy atom. The second-order valence-corrected chi connectivity index (χ2v) is 10.5. The molecule has 0 radical (unpaired) electrons. The number of urea groups is 1. The molecule has 6 rings (SSSR count). The summed E-state index contributed by atoms with van der Waals surface area (Å²) in [6.45, 7) is 5.47. The number of benzene rings is 1. The summed E-state index contributed by atoms with van der Waals surface area (Å²) in [6, 6.07) is 9.42. The molecule has 3 saturated heterocycles. The standard InChI is InChI=1S/C28H31F3N6O5/c29-28(30,31)41-23-3-1-19(2-4-23)21-15-22(18-37(17-21)27(38)36-9-13-40-14-10-36)26-33-25(34-42-26)20-5-6-32-24(16-20)35-7-11-39-12-8-35/h1-6,16,21-22H,7-15,17-18H2. The van der Waals surface area contributed by atoms with Crippen LogP contribution in [0.5, 0.6) is 5.75 Å². The number of hydrogen-bond donors (Lipinski definition) is 0. The number of amides is 2. The zero-order chi connectivity index (χ0) is 29.1. The summed E-state index contributed by atoms with van der Waals surface area (Å²) in [4.78, 5) is 28.3. The third kappa shape index (κ3) is 6.59. The van der Waals surface area contributed by atoms with Crippen molar-refractivity contribution in [2.45, 2.75) is 24.6 Å². The molecule has 42 heavy (non-hydrogen) atoms. The third-order valence-electron chi connectivity index (χ3n) is 7.72. The van der Waals surface area contributed by atoms with Crippen LogP contribution < -0.4 is 9.64 Å². The molecule has 0 saturated carbocycles. The molecule has 224 valence electrons. The summed E-state index contributed by atoms with van der Waals surface area (Å²) in [7, 11) is 0. The van der Waals surface area contributed by atoms with Gasteiger partial charge in [-0.2, -0.15) is 4.98 Å². The zero-order valence-corrected chi connectivity index (χ0v) is 22.8. The van der Waals surface area contributed by atoms with Crippen LogP contribution in [0.15, 0.2) is 47.1 Å². The summed E-state index contributed by atoms with van der Waals surface area (Å²) in [5, 5.41) is 4.24. The number of nitrogens with zero attached hydrogens (tertiary/aromatic N) is 6. The smallest absolute Gasteiger partial charge is 0.406 e. The van der Waals surface area contributed by atoms with E-state index in [0.29, 0.717) is 70.7 Å². The van der Waals surface area contributed by atoms with Crippen molar-refractivity contribution in [3.8, 4) is 17.1 Å². The molecule has 0 N–H and O–H groups in total. The first kappa shape index (κ1) is 28.2. The van der Waals surface area contributed by atoms with E-state index >= 15 is 0 Å². The van der Waals surface area contributed by atoms with Crippen molar-refractivity contribution in [1.29, 1.82) is 0 Å². The lowest BCUT2D eigenvalue weighted by Crippen LogP contribution is -2.52. The Labute approximate surface area is 240 Å². The highest BCUT2D eigenvalue weighted by Crippen LogP contribution is 2.37. The average Bonchev–Trinajstić information content (AvgIpc) is 3.52. The maximum atomic E-state index is 13.5. The summed E-state index contributed by atoms with van der Waals surface area (Å²) >= 11 is 0. The SMILES string of the molecule is O=C(N1CCOCC1)N1CC(c2ccc(OC(F)(F)F)cc2)CC(c2nc(-c3ccnc(N4CCOCC4)c3)no2)C1. The Balaban J connectivity index is 1.23. The van der Waals surface area contributed by atoms with Crippen LogP contribution in [0.2, 0.25) is 0 Å². The molecule has 14 heteroatoms. The predicted octanol–water partition coefficient (Wildman–Crippen LogP) is 3.89. The van der Waals surface area contributed by atoms with Crippen LogP contribution in [0, 0.1) is 0 Å². The number of pyridine rings is 1. The van der Waals surface area contributed by atoms with E-state index in [2.05, 4.69) is 19.8 Å². The largest absolute Gasteiger partial charge is 0.573 e. The van der Waals surface area contributed by atoms with E-state index in [0.717, 1.165) is 30.0 Å². The molecule has 3 aliphatic heterocycles. The van der Waals surface area contributed by atoms with Crippen LogP contribution in [0.25, 0.3) is 11.4 Å². The van der Waals surface area contributed by atoms with Crippen molar-refractivity contribution in [3.05, 3.63) is 54.0 Å². The molecule has 11 nitrogen and oxygen atoms in total. The summed E-state index contributed by atoms with van der Waals surface area (Å²) in [5.41, 5.74) is 1.55. The van der Waals surface area contributed by atoms with E-state index in [1.54, 1.807) is 28.1 Å². The molecule has 0 bridgehead atoms. The molecule has 1 aromatic carbocycles. The molecular weight excluding hydrogens is 557 g/mol. The normalized spacial score (nSPS) is 21.8. The number of alkyl halides is 3. The minimum absolute atomic E-state index is 0.117. The first-order chi connectivity index (χ1) is 20.3. The van der Waals surface area contributed by atoms with Crippen molar-refractivity contribution >= 4 is 11.8 Å². The lowest BCUT2D eigenvalue weighted by Gasteiger charge is -2.40. The molecule has 0 spiro atoms. The minimum atomic E-state index is -4.77. The Hall–Kier alpha value is -3.91. The van der Waals surface area contributed by atoms with Crippen LogP contribution >= 0.6 is 0 Å². The maximum Gasteiger partial charge on any atom is 0.573 e. The fourth-order valence-corrected chi connectivity index (χ4v) is 5.61. The third-order valence-corrected chi connectivity index (χ3v) is 7.72. The van der Waals surface area contributed by atoms with Crippen LogP contribution in [-0.4, -0.2) is 103 Å². The van der Waals surface area contributed by atoms with E-state index in [1.165, 1.54) is 12.1 Å². The van der Waals surface area contributed by atoms with Gasteiger partial charge in [0.15, 0.2) is 0 Å². The van der Waals surface area contributed by atoms with Crippen LogP contribution in [-0.2, 0) is 9.47 Å². The van der Waals surface area contributed by atoms with Crippen molar-refractivity contribution < 1.29 is 36.7 Å². The van der Waals surface area contributed by atoms with Gasteiger partial charge in [0.05, 0.1) is 32.3 Å².